The Morgan fingerprint density at radius 2 is 2.11 bits per heavy atom. The number of aliphatic hydroxyl groups is 1. The van der Waals surface area contributed by atoms with Gasteiger partial charge >= 0.3 is 0 Å². The fourth-order valence-electron chi connectivity index (χ4n) is 1.87. The van der Waals surface area contributed by atoms with E-state index in [0.717, 1.165) is 0 Å². The van der Waals surface area contributed by atoms with Gasteiger partial charge in [0.15, 0.2) is 0 Å². The maximum atomic E-state index is 12.1. The van der Waals surface area contributed by atoms with E-state index in [1.165, 1.54) is 12.1 Å². The molecule has 1 aliphatic rings. The lowest BCUT2D eigenvalue weighted by Gasteiger charge is -2.11. The topological polar surface area (TPSA) is 61.4 Å². The highest BCUT2D eigenvalue weighted by Gasteiger charge is 2.27. The third kappa shape index (κ3) is 4.15. The summed E-state index contributed by atoms with van der Waals surface area (Å²) in [5.41, 5.74) is 0.548. The Labute approximate surface area is 113 Å². The van der Waals surface area contributed by atoms with E-state index in [2.05, 4.69) is 10.6 Å². The minimum absolute atomic E-state index is 0.231. The maximum absolute atomic E-state index is 12.1. The number of halogens is 2. The molecule has 2 rings (SSSR count). The molecule has 0 aliphatic carbocycles. The van der Waals surface area contributed by atoms with E-state index < -0.39 is 17.9 Å². The van der Waals surface area contributed by atoms with Crippen LogP contribution < -0.4 is 10.6 Å². The first-order valence-corrected chi connectivity index (χ1v) is 6.70. The minimum atomic E-state index is -2.45. The van der Waals surface area contributed by atoms with Crippen molar-refractivity contribution >= 4 is 23.4 Å². The fourth-order valence-corrected chi connectivity index (χ4v) is 2.36. The molecule has 0 bridgehead atoms. The van der Waals surface area contributed by atoms with Gasteiger partial charge in [0.2, 0.25) is 5.91 Å². The first kappa shape index (κ1) is 14.2. The number of alkyl halides is 2. The van der Waals surface area contributed by atoms with Crippen LogP contribution in [0.2, 0.25) is 0 Å². The number of benzene rings is 1. The van der Waals surface area contributed by atoms with Crippen molar-refractivity contribution in [3.8, 4) is 0 Å². The molecule has 7 heteroatoms. The Kier molecular flexibility index (Phi) is 4.73. The van der Waals surface area contributed by atoms with E-state index in [-0.39, 0.29) is 5.91 Å². The van der Waals surface area contributed by atoms with Crippen molar-refractivity contribution in [2.75, 3.05) is 11.9 Å². The van der Waals surface area contributed by atoms with Crippen molar-refractivity contribution in [3.05, 3.63) is 24.3 Å². The molecule has 4 nitrogen and oxygen atoms in total. The molecule has 104 valence electrons. The Bertz CT molecular complexity index is 442. The normalized spacial score (nSPS) is 22.7. The summed E-state index contributed by atoms with van der Waals surface area (Å²) in [5.74, 6) is -2.68. The highest BCUT2D eigenvalue weighted by atomic mass is 32.2. The second-order valence-corrected chi connectivity index (χ2v) is 5.31. The van der Waals surface area contributed by atoms with Crippen LogP contribution in [-0.2, 0) is 4.79 Å². The standard InChI is InChI=1S/C12H14F2N2O2S/c13-12(14)19-9-3-1-7(2-4-9)16-11(18)10-5-8(17)6-15-10/h1-4,8,10,12,15,17H,5-6H2,(H,16,18). The van der Waals surface area contributed by atoms with E-state index in [0.29, 0.717) is 35.3 Å². The summed E-state index contributed by atoms with van der Waals surface area (Å²) in [7, 11) is 0. The summed E-state index contributed by atoms with van der Waals surface area (Å²) < 4.78 is 24.3. The Balaban J connectivity index is 1.90. The van der Waals surface area contributed by atoms with Gasteiger partial charge in [0.1, 0.15) is 0 Å². The largest absolute Gasteiger partial charge is 0.392 e. The van der Waals surface area contributed by atoms with Gasteiger partial charge in [-0.1, -0.05) is 11.8 Å². The average molecular weight is 288 g/mol. The highest BCUT2D eigenvalue weighted by molar-refractivity contribution is 7.99. The van der Waals surface area contributed by atoms with Crippen LogP contribution in [0.5, 0.6) is 0 Å². The Morgan fingerprint density at radius 3 is 2.63 bits per heavy atom. The third-order valence-corrected chi connectivity index (χ3v) is 3.49. The number of hydrogen-bond acceptors (Lipinski definition) is 4. The summed E-state index contributed by atoms with van der Waals surface area (Å²) in [5, 5.41) is 14.9. The van der Waals surface area contributed by atoms with Crippen molar-refractivity contribution in [1.29, 1.82) is 0 Å². The predicted octanol–water partition coefficient (Wildman–Crippen LogP) is 1.66. The molecule has 1 aromatic rings. The number of carbonyl (C=O) groups is 1. The Hall–Kier alpha value is -1.18. The second-order valence-electron chi connectivity index (χ2n) is 4.24. The smallest absolute Gasteiger partial charge is 0.288 e. The zero-order valence-electron chi connectivity index (χ0n) is 9.98. The van der Waals surface area contributed by atoms with Gasteiger partial charge in [-0.3, -0.25) is 4.79 Å². The number of aliphatic hydroxyl groups excluding tert-OH is 1. The molecule has 0 aromatic heterocycles. The van der Waals surface area contributed by atoms with Gasteiger partial charge in [0, 0.05) is 17.1 Å². The third-order valence-electron chi connectivity index (χ3n) is 2.77. The van der Waals surface area contributed by atoms with E-state index in [1.54, 1.807) is 12.1 Å². The van der Waals surface area contributed by atoms with Crippen molar-refractivity contribution in [3.63, 3.8) is 0 Å². The molecule has 1 fully saturated rings. The molecule has 0 saturated carbocycles. The fraction of sp³-hybridized carbons (Fsp3) is 0.417. The number of thioether (sulfide) groups is 1. The van der Waals surface area contributed by atoms with Gasteiger partial charge < -0.3 is 15.7 Å². The van der Waals surface area contributed by atoms with Crippen LogP contribution in [0, 0.1) is 0 Å². The molecule has 0 spiro atoms. The highest BCUT2D eigenvalue weighted by Crippen LogP contribution is 2.26. The van der Waals surface area contributed by atoms with Crippen molar-refractivity contribution in [2.24, 2.45) is 0 Å². The number of anilines is 1. The molecule has 1 aromatic carbocycles. The van der Waals surface area contributed by atoms with Crippen LogP contribution in [0.25, 0.3) is 0 Å². The molecular formula is C12H14F2N2O2S. The van der Waals surface area contributed by atoms with Crippen molar-refractivity contribution in [1.82, 2.24) is 5.32 Å². The number of carbonyl (C=O) groups excluding carboxylic acids is 1. The van der Waals surface area contributed by atoms with Crippen LogP contribution in [-0.4, -0.2) is 35.5 Å². The first-order chi connectivity index (χ1) is 9.04. The summed E-state index contributed by atoms with van der Waals surface area (Å²) in [6, 6.07) is 5.81. The molecule has 1 amide bonds. The molecule has 2 atom stereocenters. The molecule has 1 aliphatic heterocycles. The van der Waals surface area contributed by atoms with Gasteiger partial charge in [-0.2, -0.15) is 8.78 Å². The lowest BCUT2D eigenvalue weighted by Crippen LogP contribution is -2.35. The van der Waals surface area contributed by atoms with Gasteiger partial charge in [0.25, 0.3) is 5.76 Å². The predicted molar refractivity (Wildman–Crippen MR) is 69.3 cm³/mol. The van der Waals surface area contributed by atoms with Crippen LogP contribution >= 0.6 is 11.8 Å². The quantitative estimate of drug-likeness (QED) is 0.738. The van der Waals surface area contributed by atoms with Crippen molar-refractivity contribution in [2.45, 2.75) is 29.2 Å². The molecule has 19 heavy (non-hydrogen) atoms. The maximum Gasteiger partial charge on any atom is 0.288 e. The van der Waals surface area contributed by atoms with E-state index in [4.69, 9.17) is 0 Å². The summed E-state index contributed by atoms with van der Waals surface area (Å²) in [4.78, 5) is 12.3. The molecule has 3 N–H and O–H groups in total. The molecule has 1 heterocycles. The van der Waals surface area contributed by atoms with Gasteiger partial charge in [-0.25, -0.2) is 0 Å². The Morgan fingerprint density at radius 1 is 1.42 bits per heavy atom. The first-order valence-electron chi connectivity index (χ1n) is 5.82. The summed E-state index contributed by atoms with van der Waals surface area (Å²) >= 11 is 0.460. The monoisotopic (exact) mass is 288 g/mol. The minimum Gasteiger partial charge on any atom is -0.392 e. The summed E-state index contributed by atoms with van der Waals surface area (Å²) in [6.45, 7) is 0.405. The zero-order chi connectivity index (χ0) is 13.8. The summed E-state index contributed by atoms with van der Waals surface area (Å²) in [6.07, 6.45) is -0.119. The lowest BCUT2D eigenvalue weighted by atomic mass is 10.2. The van der Waals surface area contributed by atoms with Crippen LogP contribution in [0.15, 0.2) is 29.2 Å². The molecule has 1 saturated heterocycles. The molecule has 0 radical (unpaired) electrons. The van der Waals surface area contributed by atoms with Gasteiger partial charge in [-0.15, -0.1) is 0 Å². The number of rotatable bonds is 4. The number of hydrogen-bond donors (Lipinski definition) is 3. The molecule has 2 unspecified atom stereocenters. The van der Waals surface area contributed by atoms with E-state index in [9.17, 15) is 18.7 Å². The molecular weight excluding hydrogens is 274 g/mol. The van der Waals surface area contributed by atoms with E-state index in [1.807, 2.05) is 0 Å². The van der Waals surface area contributed by atoms with Gasteiger partial charge in [-0.05, 0) is 30.7 Å². The van der Waals surface area contributed by atoms with E-state index >= 15 is 0 Å². The SMILES string of the molecule is O=C(Nc1ccc(SC(F)F)cc1)C1CC(O)CN1. The van der Waals surface area contributed by atoms with Crippen LogP contribution in [0.4, 0.5) is 14.5 Å². The van der Waals surface area contributed by atoms with Gasteiger partial charge in [0.05, 0.1) is 12.1 Å². The second kappa shape index (κ2) is 6.31. The number of amides is 1. The number of β-amino-alcohol motifs (C(OH)–C–C–N with tert-alkyl or cyclic N) is 1. The zero-order valence-corrected chi connectivity index (χ0v) is 10.8. The van der Waals surface area contributed by atoms with Crippen LogP contribution in [0.3, 0.4) is 0 Å². The lowest BCUT2D eigenvalue weighted by molar-refractivity contribution is -0.117. The van der Waals surface area contributed by atoms with Crippen LogP contribution in [0.1, 0.15) is 6.42 Å². The number of nitrogens with one attached hydrogen (secondary N) is 2. The van der Waals surface area contributed by atoms with Crippen molar-refractivity contribution < 1.29 is 18.7 Å². The average Bonchev–Trinajstić information content (AvgIpc) is 2.78.